The van der Waals surface area contributed by atoms with Gasteiger partial charge in [-0.2, -0.15) is 0 Å². The summed E-state index contributed by atoms with van der Waals surface area (Å²) in [6.45, 7) is 4.06. The molecule has 0 radical (unpaired) electrons. The Kier molecular flexibility index (Phi) is 5.72. The van der Waals surface area contributed by atoms with Crippen LogP contribution in [0.4, 0.5) is 0 Å². The molecule has 0 saturated carbocycles. The van der Waals surface area contributed by atoms with Crippen LogP contribution < -0.4 is 10.9 Å². The quantitative estimate of drug-likeness (QED) is 0.376. The summed E-state index contributed by atoms with van der Waals surface area (Å²) >= 11 is 1.26. The van der Waals surface area contributed by atoms with Gasteiger partial charge in [0.2, 0.25) is 5.91 Å². The third-order valence-corrected chi connectivity index (χ3v) is 5.82. The summed E-state index contributed by atoms with van der Waals surface area (Å²) in [5.41, 5.74) is 2.17. The van der Waals surface area contributed by atoms with Gasteiger partial charge in [-0.15, -0.1) is 0 Å². The van der Waals surface area contributed by atoms with Crippen LogP contribution in [0.2, 0.25) is 0 Å². The zero-order valence-corrected chi connectivity index (χ0v) is 17.5. The topological polar surface area (TPSA) is 77.1 Å². The molecule has 1 amide bonds. The van der Waals surface area contributed by atoms with Crippen molar-refractivity contribution in [2.75, 3.05) is 0 Å². The smallest absolute Gasteiger partial charge is 0.266 e. The van der Waals surface area contributed by atoms with E-state index in [1.165, 1.54) is 11.8 Å². The van der Waals surface area contributed by atoms with Gasteiger partial charge < -0.3 is 9.73 Å². The molecular weight excluding hydrogens is 398 g/mol. The van der Waals surface area contributed by atoms with Crippen LogP contribution in [-0.2, 0) is 11.3 Å². The van der Waals surface area contributed by atoms with Gasteiger partial charge in [0.05, 0.1) is 34.6 Å². The summed E-state index contributed by atoms with van der Waals surface area (Å²) in [6.07, 6.45) is 1.57. The summed E-state index contributed by atoms with van der Waals surface area (Å²) < 4.78 is 6.85. The average Bonchev–Trinajstić information content (AvgIpc) is 3.27. The van der Waals surface area contributed by atoms with Crippen LogP contribution in [0.3, 0.4) is 0 Å². The zero-order valence-electron chi connectivity index (χ0n) is 16.7. The molecule has 0 aliphatic heterocycles. The first-order chi connectivity index (χ1) is 14.5. The number of carbonyl (C=O) groups excluding carboxylic acids is 1. The van der Waals surface area contributed by atoms with E-state index in [-0.39, 0.29) is 11.5 Å². The molecule has 7 heteroatoms. The number of amides is 1. The summed E-state index contributed by atoms with van der Waals surface area (Å²) in [5.74, 6) is 0.524. The lowest BCUT2D eigenvalue weighted by atomic mass is 10.2. The van der Waals surface area contributed by atoms with Gasteiger partial charge in [0.15, 0.2) is 5.16 Å². The van der Waals surface area contributed by atoms with Crippen molar-refractivity contribution in [1.29, 1.82) is 0 Å². The highest BCUT2D eigenvalue weighted by molar-refractivity contribution is 8.00. The Morgan fingerprint density at radius 1 is 1.13 bits per heavy atom. The van der Waals surface area contributed by atoms with E-state index in [9.17, 15) is 9.59 Å². The number of nitrogens with one attached hydrogen (secondary N) is 1. The molecule has 0 saturated heterocycles. The van der Waals surface area contributed by atoms with Crippen LogP contribution in [0.5, 0.6) is 0 Å². The molecule has 0 bridgehead atoms. The first-order valence-electron chi connectivity index (χ1n) is 9.59. The number of hydrogen-bond acceptors (Lipinski definition) is 5. The van der Waals surface area contributed by atoms with Gasteiger partial charge in [0.25, 0.3) is 5.56 Å². The van der Waals surface area contributed by atoms with Crippen molar-refractivity contribution in [2.24, 2.45) is 0 Å². The maximum atomic E-state index is 13.3. The van der Waals surface area contributed by atoms with E-state index in [1.807, 2.05) is 49.4 Å². The third kappa shape index (κ3) is 4.02. The van der Waals surface area contributed by atoms with Crippen LogP contribution in [0.25, 0.3) is 16.6 Å². The zero-order chi connectivity index (χ0) is 21.1. The van der Waals surface area contributed by atoms with E-state index in [1.54, 1.807) is 36.0 Å². The first kappa shape index (κ1) is 20.0. The fraction of sp³-hybridized carbons (Fsp3) is 0.174. The molecule has 0 aliphatic carbocycles. The van der Waals surface area contributed by atoms with Crippen molar-refractivity contribution < 1.29 is 9.21 Å². The van der Waals surface area contributed by atoms with Gasteiger partial charge in [-0.3, -0.25) is 14.2 Å². The standard InChI is InChI=1S/C23H21N3O3S/c1-15-8-3-6-12-20(15)26-22(28)18-10-4-5-11-19(18)25-23(26)30-16(2)21(27)24-14-17-9-7-13-29-17/h3-13,16H,14H2,1-2H3,(H,24,27)/t16-/m1/s1. The molecule has 2 aromatic carbocycles. The maximum absolute atomic E-state index is 13.3. The number of furan rings is 1. The van der Waals surface area contributed by atoms with Gasteiger partial charge >= 0.3 is 0 Å². The predicted octanol–water partition coefficient (Wildman–Crippen LogP) is 4.08. The first-order valence-corrected chi connectivity index (χ1v) is 10.5. The lowest BCUT2D eigenvalue weighted by Crippen LogP contribution is -2.31. The Morgan fingerprint density at radius 3 is 2.67 bits per heavy atom. The second-order valence-corrected chi connectivity index (χ2v) is 8.20. The van der Waals surface area contributed by atoms with Gasteiger partial charge in [-0.25, -0.2) is 4.98 Å². The predicted molar refractivity (Wildman–Crippen MR) is 118 cm³/mol. The summed E-state index contributed by atoms with van der Waals surface area (Å²) in [7, 11) is 0. The van der Waals surface area contributed by atoms with Gasteiger partial charge in [-0.1, -0.05) is 42.1 Å². The van der Waals surface area contributed by atoms with Crippen LogP contribution in [0, 0.1) is 6.92 Å². The number of rotatable bonds is 6. The SMILES string of the molecule is Cc1ccccc1-n1c(S[C@H](C)C(=O)NCc2ccco2)nc2ccccc2c1=O. The minimum atomic E-state index is -0.455. The Hall–Kier alpha value is -3.32. The van der Waals surface area contributed by atoms with Crippen molar-refractivity contribution in [3.05, 3.63) is 88.6 Å². The molecule has 0 unspecified atom stereocenters. The average molecular weight is 420 g/mol. The van der Waals surface area contributed by atoms with Crippen molar-refractivity contribution >= 4 is 28.6 Å². The van der Waals surface area contributed by atoms with Crippen molar-refractivity contribution in [1.82, 2.24) is 14.9 Å². The largest absolute Gasteiger partial charge is 0.467 e. The normalized spacial score (nSPS) is 12.1. The molecule has 6 nitrogen and oxygen atoms in total. The summed E-state index contributed by atoms with van der Waals surface area (Å²) in [4.78, 5) is 30.7. The molecule has 2 heterocycles. The molecular formula is C23H21N3O3S. The number of hydrogen-bond donors (Lipinski definition) is 1. The van der Waals surface area contributed by atoms with Crippen LogP contribution in [0.15, 0.2) is 81.3 Å². The molecule has 0 aliphatic rings. The highest BCUT2D eigenvalue weighted by Crippen LogP contribution is 2.26. The van der Waals surface area contributed by atoms with E-state index in [4.69, 9.17) is 9.40 Å². The summed E-state index contributed by atoms with van der Waals surface area (Å²) in [6, 6.07) is 18.5. The number of fused-ring (bicyclic) bond motifs is 1. The van der Waals surface area contributed by atoms with Crippen LogP contribution in [0.1, 0.15) is 18.2 Å². The number of aromatic nitrogens is 2. The van der Waals surface area contributed by atoms with Crippen molar-refractivity contribution in [2.45, 2.75) is 30.8 Å². The highest BCUT2D eigenvalue weighted by Gasteiger charge is 2.21. The van der Waals surface area contributed by atoms with Gasteiger partial charge in [0, 0.05) is 0 Å². The lowest BCUT2D eigenvalue weighted by Gasteiger charge is -2.17. The fourth-order valence-electron chi connectivity index (χ4n) is 3.16. The Morgan fingerprint density at radius 2 is 1.90 bits per heavy atom. The number of benzene rings is 2. The van der Waals surface area contributed by atoms with E-state index < -0.39 is 5.25 Å². The van der Waals surface area contributed by atoms with E-state index in [2.05, 4.69) is 5.32 Å². The number of nitrogens with zero attached hydrogens (tertiary/aromatic N) is 2. The number of thioether (sulfide) groups is 1. The molecule has 2 aromatic heterocycles. The Balaban J connectivity index is 1.70. The molecule has 0 fully saturated rings. The summed E-state index contributed by atoms with van der Waals surface area (Å²) in [5, 5.41) is 3.43. The maximum Gasteiger partial charge on any atom is 0.266 e. The fourth-order valence-corrected chi connectivity index (χ4v) is 4.11. The molecule has 4 rings (SSSR count). The van der Waals surface area contributed by atoms with E-state index in [0.717, 1.165) is 11.3 Å². The molecule has 1 N–H and O–H groups in total. The number of carbonyl (C=O) groups is 1. The number of para-hydroxylation sites is 2. The molecule has 1 atom stereocenters. The molecule has 0 spiro atoms. The Labute approximate surface area is 177 Å². The van der Waals surface area contributed by atoms with E-state index in [0.29, 0.717) is 28.4 Å². The highest BCUT2D eigenvalue weighted by atomic mass is 32.2. The van der Waals surface area contributed by atoms with Crippen molar-refractivity contribution in [3.8, 4) is 5.69 Å². The van der Waals surface area contributed by atoms with Gasteiger partial charge in [0.1, 0.15) is 5.76 Å². The van der Waals surface area contributed by atoms with Crippen molar-refractivity contribution in [3.63, 3.8) is 0 Å². The minimum Gasteiger partial charge on any atom is -0.467 e. The Bertz CT molecular complexity index is 1250. The lowest BCUT2D eigenvalue weighted by molar-refractivity contribution is -0.120. The second kappa shape index (κ2) is 8.59. The molecule has 152 valence electrons. The van der Waals surface area contributed by atoms with E-state index >= 15 is 0 Å². The van der Waals surface area contributed by atoms with Gasteiger partial charge in [-0.05, 0) is 49.7 Å². The van der Waals surface area contributed by atoms with Crippen LogP contribution >= 0.6 is 11.8 Å². The van der Waals surface area contributed by atoms with Crippen LogP contribution in [-0.4, -0.2) is 20.7 Å². The molecule has 4 aromatic rings. The molecule has 30 heavy (non-hydrogen) atoms. The third-order valence-electron chi connectivity index (χ3n) is 4.77. The second-order valence-electron chi connectivity index (χ2n) is 6.90. The monoisotopic (exact) mass is 419 g/mol. The number of aryl methyl sites for hydroxylation is 1. The minimum absolute atomic E-state index is 0.152.